The molecule has 1 aliphatic heterocycles. The maximum Gasteiger partial charge on any atom is 0.296 e. The van der Waals surface area contributed by atoms with Crippen molar-refractivity contribution < 1.29 is 19.2 Å². The Morgan fingerprint density at radius 1 is 1.35 bits per heavy atom. The Morgan fingerprint density at radius 2 is 2.12 bits per heavy atom. The van der Waals surface area contributed by atoms with E-state index in [9.17, 15) is 14.9 Å². The lowest BCUT2D eigenvalue weighted by atomic mass is 10.1. The number of carbonyl (C=O) groups is 1. The predicted molar refractivity (Wildman–Crippen MR) is 96.5 cm³/mol. The highest BCUT2D eigenvalue weighted by Gasteiger charge is 2.24. The van der Waals surface area contributed by atoms with Crippen molar-refractivity contribution in [3.05, 3.63) is 58.1 Å². The van der Waals surface area contributed by atoms with Crippen LogP contribution in [0, 0.1) is 10.1 Å². The number of nitro groups is 1. The summed E-state index contributed by atoms with van der Waals surface area (Å²) in [5.41, 5.74) is 1.55. The van der Waals surface area contributed by atoms with Crippen molar-refractivity contribution in [3.8, 4) is 5.75 Å². The number of benzene rings is 2. The second-order valence-corrected chi connectivity index (χ2v) is 5.70. The number of anilines is 2. The number of rotatable bonds is 7. The van der Waals surface area contributed by atoms with E-state index >= 15 is 0 Å². The summed E-state index contributed by atoms with van der Waals surface area (Å²) in [5, 5.41) is 17.1. The average molecular weight is 357 g/mol. The first-order valence-electron chi connectivity index (χ1n) is 8.24. The molecule has 0 saturated heterocycles. The molecule has 0 saturated carbocycles. The minimum Gasteiger partial charge on any atom is -0.481 e. The fourth-order valence-corrected chi connectivity index (χ4v) is 2.75. The number of ether oxygens (including phenoxy) is 2. The Balaban J connectivity index is 1.84. The minimum absolute atomic E-state index is 0.122. The van der Waals surface area contributed by atoms with Gasteiger partial charge in [0.05, 0.1) is 22.8 Å². The van der Waals surface area contributed by atoms with Crippen LogP contribution in [0.3, 0.4) is 0 Å². The second-order valence-electron chi connectivity index (χ2n) is 5.70. The summed E-state index contributed by atoms with van der Waals surface area (Å²) in [6.07, 6.45) is -0.261. The number of nitrogens with one attached hydrogen (secondary N) is 2. The van der Waals surface area contributed by atoms with Crippen molar-refractivity contribution in [2.75, 3.05) is 30.4 Å². The molecule has 1 amide bonds. The summed E-state index contributed by atoms with van der Waals surface area (Å²) in [6.45, 7) is 2.59. The van der Waals surface area contributed by atoms with Crippen molar-refractivity contribution in [2.45, 2.75) is 13.0 Å². The number of amides is 1. The Bertz CT molecular complexity index is 810. The molecule has 1 heterocycles. The predicted octanol–water partition coefficient (Wildman–Crippen LogP) is 3.12. The summed E-state index contributed by atoms with van der Waals surface area (Å²) < 4.78 is 11.0. The van der Waals surface area contributed by atoms with Crippen LogP contribution < -0.4 is 15.4 Å². The zero-order valence-electron chi connectivity index (χ0n) is 14.2. The van der Waals surface area contributed by atoms with Crippen LogP contribution in [0.4, 0.5) is 17.1 Å². The summed E-state index contributed by atoms with van der Waals surface area (Å²) >= 11 is 0. The van der Waals surface area contributed by atoms with Gasteiger partial charge in [-0.3, -0.25) is 14.9 Å². The summed E-state index contributed by atoms with van der Waals surface area (Å²) in [6, 6.07) is 12.4. The highest BCUT2D eigenvalue weighted by molar-refractivity contribution is 5.96. The number of fused-ring (bicyclic) bond motifs is 1. The largest absolute Gasteiger partial charge is 0.481 e. The van der Waals surface area contributed by atoms with E-state index in [1.807, 2.05) is 37.3 Å². The zero-order valence-corrected chi connectivity index (χ0v) is 14.2. The topological polar surface area (TPSA) is 103 Å². The van der Waals surface area contributed by atoms with Gasteiger partial charge in [-0.15, -0.1) is 0 Å². The fraction of sp³-hybridized carbons (Fsp3) is 0.278. The van der Waals surface area contributed by atoms with E-state index in [0.29, 0.717) is 24.5 Å². The van der Waals surface area contributed by atoms with E-state index in [4.69, 9.17) is 9.47 Å². The highest BCUT2D eigenvalue weighted by atomic mass is 16.6. The van der Waals surface area contributed by atoms with E-state index in [-0.39, 0.29) is 30.1 Å². The molecule has 0 radical (unpaired) electrons. The van der Waals surface area contributed by atoms with Crippen molar-refractivity contribution in [3.63, 3.8) is 0 Å². The Morgan fingerprint density at radius 3 is 2.81 bits per heavy atom. The molecule has 2 N–H and O–H groups in total. The minimum atomic E-state index is -0.486. The van der Waals surface area contributed by atoms with Crippen molar-refractivity contribution in [1.82, 2.24) is 0 Å². The van der Waals surface area contributed by atoms with Gasteiger partial charge in [0.2, 0.25) is 0 Å². The van der Waals surface area contributed by atoms with Gasteiger partial charge in [-0.2, -0.15) is 0 Å². The molecule has 1 atom stereocenters. The third kappa shape index (κ3) is 3.92. The Labute approximate surface area is 150 Å². The number of nitro benzene ring substituents is 1. The van der Waals surface area contributed by atoms with E-state index in [0.717, 1.165) is 5.56 Å². The van der Waals surface area contributed by atoms with Gasteiger partial charge < -0.3 is 20.1 Å². The van der Waals surface area contributed by atoms with Crippen LogP contribution in [0.1, 0.15) is 18.6 Å². The Hall–Kier alpha value is -3.13. The third-order valence-electron chi connectivity index (χ3n) is 3.94. The van der Waals surface area contributed by atoms with Crippen molar-refractivity contribution in [2.24, 2.45) is 0 Å². The molecule has 0 bridgehead atoms. The van der Waals surface area contributed by atoms with Gasteiger partial charge in [0, 0.05) is 13.2 Å². The van der Waals surface area contributed by atoms with Gasteiger partial charge in [0.15, 0.2) is 12.4 Å². The molecule has 8 heteroatoms. The molecule has 3 rings (SSSR count). The van der Waals surface area contributed by atoms with Gasteiger partial charge in [-0.05, 0) is 18.6 Å². The van der Waals surface area contributed by atoms with Crippen LogP contribution in [-0.2, 0) is 9.53 Å². The van der Waals surface area contributed by atoms with E-state index < -0.39 is 4.92 Å². The fourth-order valence-electron chi connectivity index (χ4n) is 2.75. The molecule has 1 unspecified atom stereocenters. The number of nitrogens with zero attached hydrogens (tertiary/aromatic N) is 1. The SMILES string of the molecule is CCOC(CNc1cc2c(cc1[N+](=O)[O-])OCC(=O)N2)c1ccccc1. The van der Waals surface area contributed by atoms with Crippen molar-refractivity contribution >= 4 is 23.0 Å². The quantitative estimate of drug-likeness (QED) is 0.583. The van der Waals surface area contributed by atoms with Crippen molar-refractivity contribution in [1.29, 1.82) is 0 Å². The van der Waals surface area contributed by atoms with Gasteiger partial charge in [0.1, 0.15) is 5.69 Å². The molecular formula is C18H19N3O5. The third-order valence-corrected chi connectivity index (χ3v) is 3.94. The number of hydrogen-bond donors (Lipinski definition) is 2. The van der Waals surface area contributed by atoms with Crippen LogP contribution in [-0.4, -0.2) is 30.6 Å². The monoisotopic (exact) mass is 357 g/mol. The van der Waals surface area contributed by atoms with Crippen LogP contribution in [0.5, 0.6) is 5.75 Å². The molecule has 136 valence electrons. The number of carbonyl (C=O) groups excluding carboxylic acids is 1. The molecule has 8 nitrogen and oxygen atoms in total. The molecule has 2 aromatic carbocycles. The molecule has 26 heavy (non-hydrogen) atoms. The van der Waals surface area contributed by atoms with Gasteiger partial charge in [0.25, 0.3) is 11.6 Å². The van der Waals surface area contributed by atoms with Gasteiger partial charge >= 0.3 is 0 Å². The maximum absolute atomic E-state index is 11.5. The van der Waals surface area contributed by atoms with Crippen LogP contribution in [0.15, 0.2) is 42.5 Å². The van der Waals surface area contributed by atoms with Gasteiger partial charge in [-0.25, -0.2) is 0 Å². The zero-order chi connectivity index (χ0) is 18.5. The van der Waals surface area contributed by atoms with E-state index in [2.05, 4.69) is 10.6 Å². The second kappa shape index (κ2) is 7.83. The normalized spacial score (nSPS) is 14.0. The molecule has 1 aliphatic rings. The average Bonchev–Trinajstić information content (AvgIpc) is 2.64. The summed E-state index contributed by atoms with van der Waals surface area (Å²) in [7, 11) is 0. The van der Waals surface area contributed by atoms with Gasteiger partial charge in [-0.1, -0.05) is 30.3 Å². The van der Waals surface area contributed by atoms with Crippen LogP contribution in [0.2, 0.25) is 0 Å². The first-order chi connectivity index (χ1) is 12.6. The molecule has 0 aliphatic carbocycles. The summed E-state index contributed by atoms with van der Waals surface area (Å²) in [5.74, 6) is -0.0138. The first kappa shape index (κ1) is 17.7. The van der Waals surface area contributed by atoms with E-state index in [1.54, 1.807) is 0 Å². The summed E-state index contributed by atoms with van der Waals surface area (Å²) in [4.78, 5) is 22.4. The van der Waals surface area contributed by atoms with Crippen LogP contribution in [0.25, 0.3) is 0 Å². The maximum atomic E-state index is 11.5. The van der Waals surface area contributed by atoms with E-state index in [1.165, 1.54) is 12.1 Å². The molecule has 0 fully saturated rings. The van der Waals surface area contributed by atoms with Crippen LogP contribution >= 0.6 is 0 Å². The lowest BCUT2D eigenvalue weighted by Crippen LogP contribution is -2.25. The Kier molecular flexibility index (Phi) is 5.33. The molecule has 0 spiro atoms. The molecular weight excluding hydrogens is 338 g/mol. The lowest BCUT2D eigenvalue weighted by Gasteiger charge is -2.21. The number of hydrogen-bond acceptors (Lipinski definition) is 6. The molecule has 0 aromatic heterocycles. The first-order valence-corrected chi connectivity index (χ1v) is 8.24. The standard InChI is InChI=1S/C18H19N3O5/c1-2-25-17(12-6-4-3-5-7-12)10-19-13-8-14-16(9-15(13)21(23)24)26-11-18(22)20-14/h3-9,17,19H,2,10-11H2,1H3,(H,20,22). The smallest absolute Gasteiger partial charge is 0.296 e. The highest BCUT2D eigenvalue weighted by Crippen LogP contribution is 2.38. The molecule has 2 aromatic rings. The lowest BCUT2D eigenvalue weighted by molar-refractivity contribution is -0.384.